The van der Waals surface area contributed by atoms with Gasteiger partial charge in [0.25, 0.3) is 11.8 Å². The summed E-state index contributed by atoms with van der Waals surface area (Å²) in [4.78, 5) is 36.8. The first kappa shape index (κ1) is 24.6. The Kier molecular flexibility index (Phi) is 8.72. The Morgan fingerprint density at radius 2 is 1.85 bits per heavy atom. The Hall–Kier alpha value is -3.05. The minimum absolute atomic E-state index is 0.241. The average Bonchev–Trinajstić information content (AvgIpc) is 2.79. The van der Waals surface area contributed by atoms with E-state index in [9.17, 15) is 14.4 Å². The minimum Gasteiger partial charge on any atom is -0.422 e. The highest BCUT2D eigenvalue weighted by atomic mass is 127. The van der Waals surface area contributed by atoms with Crippen molar-refractivity contribution in [2.75, 3.05) is 6.54 Å². The molecule has 168 valence electrons. The van der Waals surface area contributed by atoms with Crippen molar-refractivity contribution in [3.63, 3.8) is 0 Å². The summed E-state index contributed by atoms with van der Waals surface area (Å²) < 4.78 is 7.05. The normalized spacial score (nSPS) is 10.6. The third-order valence-electron chi connectivity index (χ3n) is 4.35. The van der Waals surface area contributed by atoms with Gasteiger partial charge in [-0.25, -0.2) is 10.2 Å². The molecule has 3 rings (SSSR count). The molecule has 2 N–H and O–H groups in total. The zero-order chi connectivity index (χ0) is 23.8. The molecule has 7 nitrogen and oxygen atoms in total. The SMILES string of the molecule is Cc1cccc(C(=O)Oc2ccc(Br)cc2/C=N\NC(=O)CNC(=O)c2ccccc2I)c1. The maximum atomic E-state index is 12.5. The number of nitrogens with one attached hydrogen (secondary N) is 2. The number of benzene rings is 3. The summed E-state index contributed by atoms with van der Waals surface area (Å²) in [5.41, 5.74) is 4.69. The fraction of sp³-hybridized carbons (Fsp3) is 0.0833. The van der Waals surface area contributed by atoms with Gasteiger partial charge in [0.2, 0.25) is 0 Å². The van der Waals surface area contributed by atoms with Gasteiger partial charge in [0.15, 0.2) is 0 Å². The number of rotatable bonds is 7. The van der Waals surface area contributed by atoms with Crippen molar-refractivity contribution in [1.29, 1.82) is 0 Å². The van der Waals surface area contributed by atoms with Gasteiger partial charge in [-0.05, 0) is 72.0 Å². The number of amides is 2. The topological polar surface area (TPSA) is 96.9 Å². The molecule has 0 spiro atoms. The fourth-order valence-electron chi connectivity index (χ4n) is 2.76. The molecular formula is C24H19BrIN3O4. The van der Waals surface area contributed by atoms with Crippen LogP contribution in [0.25, 0.3) is 0 Å². The van der Waals surface area contributed by atoms with E-state index in [1.165, 1.54) is 6.21 Å². The van der Waals surface area contributed by atoms with Crippen molar-refractivity contribution in [2.24, 2.45) is 5.10 Å². The molecule has 0 fully saturated rings. The van der Waals surface area contributed by atoms with Gasteiger partial charge in [0.1, 0.15) is 5.75 Å². The number of hydrogen-bond donors (Lipinski definition) is 2. The first-order chi connectivity index (χ1) is 15.8. The molecular weight excluding hydrogens is 601 g/mol. The summed E-state index contributed by atoms with van der Waals surface area (Å²) in [6.45, 7) is 1.65. The second-order valence-electron chi connectivity index (χ2n) is 6.90. The summed E-state index contributed by atoms with van der Waals surface area (Å²) in [6, 6.07) is 19.2. The highest BCUT2D eigenvalue weighted by Gasteiger charge is 2.13. The molecule has 0 aromatic heterocycles. The molecule has 3 aromatic carbocycles. The molecule has 0 unspecified atom stereocenters. The monoisotopic (exact) mass is 619 g/mol. The van der Waals surface area contributed by atoms with Crippen molar-refractivity contribution in [1.82, 2.24) is 10.7 Å². The van der Waals surface area contributed by atoms with Crippen LogP contribution < -0.4 is 15.5 Å². The van der Waals surface area contributed by atoms with Crippen molar-refractivity contribution in [2.45, 2.75) is 6.92 Å². The number of halogens is 2. The lowest BCUT2D eigenvalue weighted by Crippen LogP contribution is -2.35. The molecule has 9 heteroatoms. The molecule has 33 heavy (non-hydrogen) atoms. The first-order valence-corrected chi connectivity index (χ1v) is 11.6. The lowest BCUT2D eigenvalue weighted by atomic mass is 10.1. The third-order valence-corrected chi connectivity index (χ3v) is 5.78. The predicted molar refractivity (Wildman–Crippen MR) is 138 cm³/mol. The Morgan fingerprint density at radius 3 is 2.61 bits per heavy atom. The van der Waals surface area contributed by atoms with E-state index in [-0.39, 0.29) is 18.2 Å². The number of carbonyl (C=O) groups is 3. The molecule has 0 aliphatic heterocycles. The first-order valence-electron chi connectivity index (χ1n) is 9.76. The minimum atomic E-state index is -0.502. The van der Waals surface area contributed by atoms with E-state index in [4.69, 9.17) is 4.74 Å². The van der Waals surface area contributed by atoms with E-state index >= 15 is 0 Å². The second-order valence-corrected chi connectivity index (χ2v) is 8.97. The summed E-state index contributed by atoms with van der Waals surface area (Å²) in [5.74, 6) is -1.07. The van der Waals surface area contributed by atoms with Crippen LogP contribution in [-0.4, -0.2) is 30.5 Å². The highest BCUT2D eigenvalue weighted by Crippen LogP contribution is 2.23. The number of nitrogens with zero attached hydrogens (tertiary/aromatic N) is 1. The van der Waals surface area contributed by atoms with Crippen LogP contribution in [0.3, 0.4) is 0 Å². The van der Waals surface area contributed by atoms with Crippen LogP contribution in [0, 0.1) is 10.5 Å². The number of hydrogen-bond acceptors (Lipinski definition) is 5. The van der Waals surface area contributed by atoms with Gasteiger partial charge in [0, 0.05) is 13.6 Å². The van der Waals surface area contributed by atoms with Crippen LogP contribution in [0.1, 0.15) is 31.8 Å². The van der Waals surface area contributed by atoms with Crippen LogP contribution in [-0.2, 0) is 4.79 Å². The number of hydrazone groups is 1. The standard InChI is InChI=1S/C24H19BrIN3O4/c1-15-5-4-6-16(11-15)24(32)33-21-10-9-18(25)12-17(21)13-28-29-22(30)14-27-23(31)19-7-2-3-8-20(19)26/h2-13H,14H2,1H3,(H,27,31)(H,29,30)/b28-13-. The molecule has 0 radical (unpaired) electrons. The Bertz CT molecular complexity index is 1230. The molecule has 0 bridgehead atoms. The summed E-state index contributed by atoms with van der Waals surface area (Å²) in [6.07, 6.45) is 1.36. The summed E-state index contributed by atoms with van der Waals surface area (Å²) in [7, 11) is 0. The van der Waals surface area contributed by atoms with Crippen LogP contribution in [0.2, 0.25) is 0 Å². The molecule has 0 saturated heterocycles. The van der Waals surface area contributed by atoms with Crippen molar-refractivity contribution < 1.29 is 19.1 Å². The van der Waals surface area contributed by atoms with Gasteiger partial charge in [-0.1, -0.05) is 45.8 Å². The van der Waals surface area contributed by atoms with Gasteiger partial charge in [-0.3, -0.25) is 9.59 Å². The van der Waals surface area contributed by atoms with Crippen molar-refractivity contribution in [3.05, 3.63) is 97.0 Å². The lowest BCUT2D eigenvalue weighted by molar-refractivity contribution is -0.120. The van der Waals surface area contributed by atoms with Gasteiger partial charge < -0.3 is 10.1 Å². The molecule has 2 amide bonds. The predicted octanol–water partition coefficient (Wildman–Crippen LogP) is 4.46. The molecule has 3 aromatic rings. The van der Waals surface area contributed by atoms with Gasteiger partial charge >= 0.3 is 5.97 Å². The lowest BCUT2D eigenvalue weighted by Gasteiger charge is -2.09. The third kappa shape index (κ3) is 7.22. The summed E-state index contributed by atoms with van der Waals surface area (Å²) in [5, 5.41) is 6.47. The summed E-state index contributed by atoms with van der Waals surface area (Å²) >= 11 is 5.43. The van der Waals surface area contributed by atoms with E-state index in [1.807, 2.05) is 19.1 Å². The molecule has 0 heterocycles. The maximum Gasteiger partial charge on any atom is 0.343 e. The molecule has 0 aliphatic rings. The van der Waals surface area contributed by atoms with Crippen LogP contribution in [0.15, 0.2) is 76.3 Å². The maximum absolute atomic E-state index is 12.5. The van der Waals surface area contributed by atoms with Crippen molar-refractivity contribution in [3.8, 4) is 5.75 Å². The van der Waals surface area contributed by atoms with Crippen molar-refractivity contribution >= 4 is 62.5 Å². The van der Waals surface area contributed by atoms with E-state index in [1.54, 1.807) is 54.6 Å². The van der Waals surface area contributed by atoms with Crippen LogP contribution in [0.4, 0.5) is 0 Å². The van der Waals surface area contributed by atoms with Gasteiger partial charge in [-0.2, -0.15) is 5.10 Å². The quantitative estimate of drug-likeness (QED) is 0.134. The van der Waals surface area contributed by atoms with E-state index in [2.05, 4.69) is 54.4 Å². The number of esters is 1. The smallest absolute Gasteiger partial charge is 0.343 e. The van der Waals surface area contributed by atoms with Gasteiger partial charge in [0.05, 0.1) is 23.9 Å². The number of carbonyl (C=O) groups excluding carboxylic acids is 3. The fourth-order valence-corrected chi connectivity index (χ4v) is 3.77. The Morgan fingerprint density at radius 1 is 1.06 bits per heavy atom. The van der Waals surface area contributed by atoms with Crippen LogP contribution in [0.5, 0.6) is 5.75 Å². The van der Waals surface area contributed by atoms with E-state index in [0.717, 1.165) is 13.6 Å². The molecule has 0 saturated carbocycles. The number of ether oxygens (including phenoxy) is 1. The zero-order valence-electron chi connectivity index (χ0n) is 17.5. The average molecular weight is 620 g/mol. The van der Waals surface area contributed by atoms with Gasteiger partial charge in [-0.15, -0.1) is 0 Å². The zero-order valence-corrected chi connectivity index (χ0v) is 21.2. The van der Waals surface area contributed by atoms with Crippen LogP contribution >= 0.6 is 38.5 Å². The van der Waals surface area contributed by atoms with E-state index in [0.29, 0.717) is 16.7 Å². The highest BCUT2D eigenvalue weighted by molar-refractivity contribution is 14.1. The second kappa shape index (κ2) is 11.7. The molecule has 0 atom stereocenters. The Balaban J connectivity index is 1.60. The molecule has 0 aliphatic carbocycles. The van der Waals surface area contributed by atoms with E-state index < -0.39 is 11.9 Å². The number of aryl methyl sites for hydroxylation is 1. The Labute approximate surface area is 212 Å². The largest absolute Gasteiger partial charge is 0.422 e.